The van der Waals surface area contributed by atoms with Crippen molar-refractivity contribution in [3.63, 3.8) is 0 Å². The minimum absolute atomic E-state index is 0.0589. The Morgan fingerprint density at radius 1 is 1.20 bits per heavy atom. The lowest BCUT2D eigenvalue weighted by atomic mass is 10.1. The van der Waals surface area contributed by atoms with Crippen LogP contribution in [0.5, 0.6) is 11.5 Å². The fourth-order valence-electron chi connectivity index (χ4n) is 2.44. The Bertz CT molecular complexity index is 727. The van der Waals surface area contributed by atoms with Crippen molar-refractivity contribution in [1.82, 2.24) is 5.32 Å². The lowest BCUT2D eigenvalue weighted by molar-refractivity contribution is 0.0916. The first kappa shape index (κ1) is 18.8. The van der Waals surface area contributed by atoms with Gasteiger partial charge in [-0.25, -0.2) is 0 Å². The number of aliphatic hydroxyl groups excluding tert-OH is 1. The second-order valence-electron chi connectivity index (χ2n) is 6.15. The van der Waals surface area contributed by atoms with Gasteiger partial charge in [0.2, 0.25) is 0 Å². The Balaban J connectivity index is 1.99. The lowest BCUT2D eigenvalue weighted by Gasteiger charge is -2.15. The van der Waals surface area contributed by atoms with E-state index in [1.165, 1.54) is 0 Å². The van der Waals surface area contributed by atoms with Gasteiger partial charge in [0, 0.05) is 12.1 Å². The van der Waals surface area contributed by atoms with Gasteiger partial charge in [-0.3, -0.25) is 4.79 Å². The van der Waals surface area contributed by atoms with E-state index in [0.717, 1.165) is 5.56 Å². The quantitative estimate of drug-likeness (QED) is 0.810. The Morgan fingerprint density at radius 2 is 1.96 bits per heavy atom. The molecule has 0 aliphatic carbocycles. The van der Waals surface area contributed by atoms with E-state index in [-0.39, 0.29) is 18.6 Å². The van der Waals surface area contributed by atoms with Gasteiger partial charge >= 0.3 is 0 Å². The zero-order valence-corrected chi connectivity index (χ0v) is 15.1. The number of carbonyl (C=O) groups excluding carboxylic acids is 1. The molecule has 0 aliphatic heterocycles. The number of ether oxygens (including phenoxy) is 2. The summed E-state index contributed by atoms with van der Waals surface area (Å²) in [6.45, 7) is 5.91. The summed E-state index contributed by atoms with van der Waals surface area (Å²) in [5, 5.41) is 13.1. The van der Waals surface area contributed by atoms with Gasteiger partial charge in [-0.2, -0.15) is 0 Å². The summed E-state index contributed by atoms with van der Waals surface area (Å²) in [7, 11) is 1.57. The van der Waals surface area contributed by atoms with E-state index in [9.17, 15) is 9.90 Å². The second kappa shape index (κ2) is 8.53. The van der Waals surface area contributed by atoms with Crippen molar-refractivity contribution in [1.29, 1.82) is 0 Å². The van der Waals surface area contributed by atoms with Crippen molar-refractivity contribution < 1.29 is 19.4 Å². The number of carbonyl (C=O) groups is 1. The lowest BCUT2D eigenvalue weighted by Crippen LogP contribution is -2.28. The van der Waals surface area contributed by atoms with Crippen LogP contribution in [0.2, 0.25) is 0 Å². The molecule has 1 atom stereocenters. The molecule has 1 amide bonds. The Kier molecular flexibility index (Phi) is 6.42. The smallest absolute Gasteiger partial charge is 0.251 e. The molecule has 0 radical (unpaired) electrons. The standard InChI is InChI=1S/C20H25NO4/c1-13(2)25-17-7-5-6-15(10-17)18(22)12-21-20(23)16-9-8-14(3)19(11-16)24-4/h5-11,13,18,22H,12H2,1-4H3,(H,21,23). The highest BCUT2D eigenvalue weighted by Crippen LogP contribution is 2.21. The van der Waals surface area contributed by atoms with Crippen LogP contribution in [0, 0.1) is 6.92 Å². The zero-order valence-electron chi connectivity index (χ0n) is 15.1. The molecule has 5 nitrogen and oxygen atoms in total. The zero-order chi connectivity index (χ0) is 18.4. The van der Waals surface area contributed by atoms with Crippen LogP contribution in [0.3, 0.4) is 0 Å². The summed E-state index contributed by atoms with van der Waals surface area (Å²) < 4.78 is 10.9. The van der Waals surface area contributed by atoms with Crippen LogP contribution in [0.25, 0.3) is 0 Å². The molecule has 0 fully saturated rings. The first-order valence-corrected chi connectivity index (χ1v) is 8.28. The van der Waals surface area contributed by atoms with Crippen LogP contribution < -0.4 is 14.8 Å². The summed E-state index contributed by atoms with van der Waals surface area (Å²) >= 11 is 0. The molecule has 0 saturated carbocycles. The number of methoxy groups -OCH3 is 1. The van der Waals surface area contributed by atoms with Crippen molar-refractivity contribution in [2.45, 2.75) is 33.0 Å². The number of aliphatic hydroxyl groups is 1. The fraction of sp³-hybridized carbons (Fsp3) is 0.350. The molecule has 2 aromatic rings. The molecule has 2 N–H and O–H groups in total. The van der Waals surface area contributed by atoms with Crippen LogP contribution in [0.4, 0.5) is 0 Å². The number of amides is 1. The number of benzene rings is 2. The summed E-state index contributed by atoms with van der Waals surface area (Å²) in [4.78, 5) is 12.3. The van der Waals surface area contributed by atoms with Gasteiger partial charge in [0.05, 0.1) is 19.3 Å². The molecular formula is C20H25NO4. The molecule has 0 spiro atoms. The Hall–Kier alpha value is -2.53. The average Bonchev–Trinajstić information content (AvgIpc) is 2.59. The topological polar surface area (TPSA) is 67.8 Å². The largest absolute Gasteiger partial charge is 0.496 e. The summed E-state index contributed by atoms with van der Waals surface area (Å²) in [6.07, 6.45) is -0.754. The van der Waals surface area contributed by atoms with E-state index in [1.807, 2.05) is 39.0 Å². The van der Waals surface area contributed by atoms with Gasteiger partial charge in [-0.15, -0.1) is 0 Å². The van der Waals surface area contributed by atoms with E-state index in [4.69, 9.17) is 9.47 Å². The third-order valence-electron chi connectivity index (χ3n) is 3.74. The van der Waals surface area contributed by atoms with Crippen molar-refractivity contribution in [2.75, 3.05) is 13.7 Å². The van der Waals surface area contributed by atoms with E-state index in [1.54, 1.807) is 31.4 Å². The first-order valence-electron chi connectivity index (χ1n) is 8.28. The van der Waals surface area contributed by atoms with Crippen LogP contribution in [0.1, 0.15) is 41.4 Å². The van der Waals surface area contributed by atoms with Crippen LogP contribution in [-0.2, 0) is 0 Å². The minimum Gasteiger partial charge on any atom is -0.496 e. The number of hydrogen-bond donors (Lipinski definition) is 2. The maximum Gasteiger partial charge on any atom is 0.251 e. The molecule has 25 heavy (non-hydrogen) atoms. The third kappa shape index (κ3) is 5.22. The molecule has 2 rings (SSSR count). The predicted molar refractivity (Wildman–Crippen MR) is 97.2 cm³/mol. The number of aryl methyl sites for hydroxylation is 1. The summed E-state index contributed by atoms with van der Waals surface area (Å²) in [5.74, 6) is 1.10. The molecule has 0 heterocycles. The maximum absolute atomic E-state index is 12.3. The van der Waals surface area contributed by atoms with Gasteiger partial charge in [0.1, 0.15) is 11.5 Å². The number of rotatable bonds is 7. The predicted octanol–water partition coefficient (Wildman–Crippen LogP) is 3.25. The number of nitrogens with one attached hydrogen (secondary N) is 1. The monoisotopic (exact) mass is 343 g/mol. The van der Waals surface area contributed by atoms with Gasteiger partial charge in [-0.1, -0.05) is 18.2 Å². The highest BCUT2D eigenvalue weighted by molar-refractivity contribution is 5.94. The Morgan fingerprint density at radius 3 is 2.64 bits per heavy atom. The third-order valence-corrected chi connectivity index (χ3v) is 3.74. The summed E-state index contributed by atoms with van der Waals surface area (Å²) in [6, 6.07) is 12.5. The highest BCUT2D eigenvalue weighted by Gasteiger charge is 2.13. The van der Waals surface area contributed by atoms with E-state index in [2.05, 4.69) is 5.32 Å². The molecular weight excluding hydrogens is 318 g/mol. The van der Waals surface area contributed by atoms with Crippen molar-refractivity contribution in [2.24, 2.45) is 0 Å². The molecule has 134 valence electrons. The molecule has 0 aromatic heterocycles. The number of hydrogen-bond acceptors (Lipinski definition) is 4. The van der Waals surface area contributed by atoms with E-state index < -0.39 is 6.10 Å². The molecule has 0 aliphatic rings. The average molecular weight is 343 g/mol. The molecule has 0 saturated heterocycles. The van der Waals surface area contributed by atoms with Crippen LogP contribution in [0.15, 0.2) is 42.5 Å². The van der Waals surface area contributed by atoms with Crippen molar-refractivity contribution in [3.8, 4) is 11.5 Å². The molecule has 5 heteroatoms. The van der Waals surface area contributed by atoms with Gasteiger partial charge in [0.25, 0.3) is 5.91 Å². The van der Waals surface area contributed by atoms with Gasteiger partial charge in [0.15, 0.2) is 0 Å². The fourth-order valence-corrected chi connectivity index (χ4v) is 2.44. The maximum atomic E-state index is 12.3. The summed E-state index contributed by atoms with van der Waals surface area (Å²) in [5.41, 5.74) is 2.15. The Labute approximate surface area is 148 Å². The van der Waals surface area contributed by atoms with Crippen molar-refractivity contribution in [3.05, 3.63) is 59.2 Å². The van der Waals surface area contributed by atoms with E-state index >= 15 is 0 Å². The van der Waals surface area contributed by atoms with Crippen LogP contribution in [-0.4, -0.2) is 30.8 Å². The van der Waals surface area contributed by atoms with Crippen LogP contribution >= 0.6 is 0 Å². The molecule has 1 unspecified atom stereocenters. The van der Waals surface area contributed by atoms with Crippen molar-refractivity contribution >= 4 is 5.91 Å². The van der Waals surface area contributed by atoms with Gasteiger partial charge in [-0.05, 0) is 56.2 Å². The minimum atomic E-state index is -0.813. The normalized spacial score (nSPS) is 11.9. The highest BCUT2D eigenvalue weighted by atomic mass is 16.5. The second-order valence-corrected chi connectivity index (χ2v) is 6.15. The van der Waals surface area contributed by atoms with E-state index in [0.29, 0.717) is 22.6 Å². The first-order chi connectivity index (χ1) is 11.9. The molecule has 2 aromatic carbocycles. The SMILES string of the molecule is COc1cc(C(=O)NCC(O)c2cccc(OC(C)C)c2)ccc1C. The van der Waals surface area contributed by atoms with Gasteiger partial charge < -0.3 is 19.9 Å². The molecule has 0 bridgehead atoms.